The van der Waals surface area contributed by atoms with Gasteiger partial charge in [0.2, 0.25) is 5.91 Å². The van der Waals surface area contributed by atoms with E-state index in [-0.39, 0.29) is 11.8 Å². The highest BCUT2D eigenvalue weighted by Gasteiger charge is 2.28. The molecule has 0 aliphatic carbocycles. The van der Waals surface area contributed by atoms with E-state index < -0.39 is 5.97 Å². The third-order valence-electron chi connectivity index (χ3n) is 3.66. The van der Waals surface area contributed by atoms with Gasteiger partial charge in [0.1, 0.15) is 0 Å². The molecule has 0 saturated carbocycles. The molecule has 0 aromatic rings. The Kier molecular flexibility index (Phi) is 3.47. The summed E-state index contributed by atoms with van der Waals surface area (Å²) in [6.45, 7) is 4.61. The van der Waals surface area contributed by atoms with Crippen LogP contribution in [0.5, 0.6) is 0 Å². The van der Waals surface area contributed by atoms with E-state index in [4.69, 9.17) is 5.11 Å². The molecule has 0 bridgehead atoms. The number of nitrogens with one attached hydrogen (secondary N) is 1. The lowest BCUT2D eigenvalue weighted by molar-refractivity contribution is -0.145. The molecule has 0 aromatic heterocycles. The van der Waals surface area contributed by atoms with Gasteiger partial charge >= 0.3 is 5.97 Å². The smallest absolute Gasteiger partial charge is 0.306 e. The normalized spacial score (nSPS) is 21.0. The summed E-state index contributed by atoms with van der Waals surface area (Å²) < 4.78 is 0. The van der Waals surface area contributed by atoms with Gasteiger partial charge in [-0.2, -0.15) is 0 Å². The molecule has 17 heavy (non-hydrogen) atoms. The van der Waals surface area contributed by atoms with Crippen molar-refractivity contribution in [2.24, 2.45) is 5.92 Å². The number of nitrogens with zero attached hydrogens (tertiary/aromatic N) is 1. The third kappa shape index (κ3) is 2.49. The van der Waals surface area contributed by atoms with Crippen molar-refractivity contribution in [3.05, 3.63) is 11.1 Å². The number of aliphatic carboxylic acids is 1. The SMILES string of the molecule is CC(C(=O)N1CCC(C(=O)O)CC1)=C1CNC1. The number of piperidine rings is 1. The van der Waals surface area contributed by atoms with Crippen LogP contribution in [0.25, 0.3) is 0 Å². The van der Waals surface area contributed by atoms with Crippen LogP contribution < -0.4 is 5.32 Å². The minimum absolute atomic E-state index is 0.0744. The quantitative estimate of drug-likeness (QED) is 0.676. The first-order chi connectivity index (χ1) is 8.09. The van der Waals surface area contributed by atoms with Gasteiger partial charge in [-0.3, -0.25) is 9.59 Å². The van der Waals surface area contributed by atoms with Crippen LogP contribution in [0.2, 0.25) is 0 Å². The van der Waals surface area contributed by atoms with Crippen molar-refractivity contribution >= 4 is 11.9 Å². The van der Waals surface area contributed by atoms with Gasteiger partial charge in [0, 0.05) is 31.8 Å². The van der Waals surface area contributed by atoms with Crippen molar-refractivity contribution in [2.45, 2.75) is 19.8 Å². The molecule has 2 aliphatic rings. The summed E-state index contributed by atoms with van der Waals surface area (Å²) >= 11 is 0. The summed E-state index contributed by atoms with van der Waals surface area (Å²) in [6.07, 6.45) is 1.14. The fraction of sp³-hybridized carbons (Fsp3) is 0.667. The second kappa shape index (κ2) is 4.87. The molecule has 1 amide bonds. The van der Waals surface area contributed by atoms with E-state index in [1.165, 1.54) is 5.57 Å². The molecule has 2 aliphatic heterocycles. The average Bonchev–Trinajstić information content (AvgIpc) is 2.25. The van der Waals surface area contributed by atoms with Gasteiger partial charge in [0.25, 0.3) is 0 Å². The van der Waals surface area contributed by atoms with E-state index in [1.807, 2.05) is 6.92 Å². The molecule has 5 heteroatoms. The lowest BCUT2D eigenvalue weighted by Gasteiger charge is -2.32. The largest absolute Gasteiger partial charge is 0.481 e. The number of carboxylic acids is 1. The lowest BCUT2D eigenvalue weighted by atomic mass is 9.96. The van der Waals surface area contributed by atoms with Crippen molar-refractivity contribution < 1.29 is 14.7 Å². The van der Waals surface area contributed by atoms with E-state index in [1.54, 1.807) is 4.90 Å². The summed E-state index contributed by atoms with van der Waals surface area (Å²) in [5, 5.41) is 12.0. The van der Waals surface area contributed by atoms with Crippen LogP contribution in [-0.2, 0) is 9.59 Å². The maximum atomic E-state index is 12.1. The van der Waals surface area contributed by atoms with Crippen LogP contribution in [0, 0.1) is 5.92 Å². The Labute approximate surface area is 100 Å². The first-order valence-electron chi connectivity index (χ1n) is 6.01. The minimum atomic E-state index is -0.740. The van der Waals surface area contributed by atoms with Gasteiger partial charge in [-0.15, -0.1) is 0 Å². The summed E-state index contributed by atoms with van der Waals surface area (Å²) in [5.74, 6) is -0.946. The lowest BCUT2D eigenvalue weighted by Crippen LogP contribution is -2.43. The predicted octanol–water partition coefficient (Wildman–Crippen LogP) is 0.229. The standard InChI is InChI=1S/C12H18N2O3/c1-8(10-6-13-7-10)11(15)14-4-2-9(3-5-14)12(16)17/h9,13H,2-7H2,1H3,(H,16,17). The second-order valence-electron chi connectivity index (χ2n) is 4.74. The van der Waals surface area contributed by atoms with Crippen molar-refractivity contribution in [1.29, 1.82) is 0 Å². The Morgan fingerprint density at radius 3 is 2.29 bits per heavy atom. The molecule has 0 radical (unpaired) electrons. The van der Waals surface area contributed by atoms with Gasteiger partial charge in [0.05, 0.1) is 5.92 Å². The molecule has 2 N–H and O–H groups in total. The van der Waals surface area contributed by atoms with Crippen LogP contribution in [0.4, 0.5) is 0 Å². The molecule has 2 rings (SSSR count). The number of carbonyl (C=O) groups is 2. The third-order valence-corrected chi connectivity index (χ3v) is 3.66. The van der Waals surface area contributed by atoms with E-state index in [2.05, 4.69) is 5.32 Å². The molecule has 0 atom stereocenters. The summed E-state index contributed by atoms with van der Waals surface area (Å²) in [5.41, 5.74) is 2.01. The second-order valence-corrected chi connectivity index (χ2v) is 4.74. The monoisotopic (exact) mass is 238 g/mol. The molecule has 2 fully saturated rings. The predicted molar refractivity (Wildman–Crippen MR) is 62.5 cm³/mol. The van der Waals surface area contributed by atoms with Gasteiger partial charge in [-0.25, -0.2) is 0 Å². The molecule has 0 aromatic carbocycles. The highest BCUT2D eigenvalue weighted by molar-refractivity contribution is 5.94. The number of hydrogen-bond donors (Lipinski definition) is 2. The molecule has 0 unspecified atom stereocenters. The first kappa shape index (κ1) is 12.1. The van der Waals surface area contributed by atoms with Gasteiger partial charge in [0.15, 0.2) is 0 Å². The zero-order chi connectivity index (χ0) is 12.4. The molecule has 0 spiro atoms. The Balaban J connectivity index is 1.92. The molecule has 2 saturated heterocycles. The Morgan fingerprint density at radius 1 is 1.29 bits per heavy atom. The molecular formula is C12H18N2O3. The van der Waals surface area contributed by atoms with E-state index >= 15 is 0 Å². The highest BCUT2D eigenvalue weighted by atomic mass is 16.4. The zero-order valence-electron chi connectivity index (χ0n) is 10.0. The number of amides is 1. The number of rotatable bonds is 2. The average molecular weight is 238 g/mol. The Hall–Kier alpha value is -1.36. The molecule has 2 heterocycles. The molecular weight excluding hydrogens is 220 g/mol. The van der Waals surface area contributed by atoms with Crippen LogP contribution in [0.1, 0.15) is 19.8 Å². The van der Waals surface area contributed by atoms with Crippen molar-refractivity contribution in [2.75, 3.05) is 26.2 Å². The van der Waals surface area contributed by atoms with E-state index in [9.17, 15) is 9.59 Å². The zero-order valence-corrected chi connectivity index (χ0v) is 10.0. The van der Waals surface area contributed by atoms with Gasteiger partial charge in [-0.1, -0.05) is 0 Å². The number of hydrogen-bond acceptors (Lipinski definition) is 3. The highest BCUT2D eigenvalue weighted by Crippen LogP contribution is 2.20. The van der Waals surface area contributed by atoms with Crippen LogP contribution in [-0.4, -0.2) is 48.1 Å². The summed E-state index contributed by atoms with van der Waals surface area (Å²) in [4.78, 5) is 24.7. The molecule has 5 nitrogen and oxygen atoms in total. The first-order valence-corrected chi connectivity index (χ1v) is 6.01. The van der Waals surface area contributed by atoms with E-state index in [0.29, 0.717) is 25.9 Å². The summed E-state index contributed by atoms with van der Waals surface area (Å²) in [6, 6.07) is 0. The maximum absolute atomic E-state index is 12.1. The summed E-state index contributed by atoms with van der Waals surface area (Å²) in [7, 11) is 0. The van der Waals surface area contributed by atoms with Gasteiger partial charge < -0.3 is 15.3 Å². The van der Waals surface area contributed by atoms with Crippen LogP contribution in [0.15, 0.2) is 11.1 Å². The minimum Gasteiger partial charge on any atom is -0.481 e. The molecule has 94 valence electrons. The van der Waals surface area contributed by atoms with Crippen LogP contribution >= 0.6 is 0 Å². The van der Waals surface area contributed by atoms with Gasteiger partial charge in [-0.05, 0) is 25.3 Å². The number of carboxylic acid groups (broad SMARTS) is 1. The Morgan fingerprint density at radius 2 is 1.88 bits per heavy atom. The maximum Gasteiger partial charge on any atom is 0.306 e. The Bertz CT molecular complexity index is 362. The van der Waals surface area contributed by atoms with Crippen molar-refractivity contribution in [1.82, 2.24) is 10.2 Å². The fourth-order valence-corrected chi connectivity index (χ4v) is 2.23. The number of likely N-dealkylation sites (tertiary alicyclic amines) is 1. The van der Waals surface area contributed by atoms with Crippen LogP contribution in [0.3, 0.4) is 0 Å². The fourth-order valence-electron chi connectivity index (χ4n) is 2.23. The van der Waals surface area contributed by atoms with E-state index in [0.717, 1.165) is 18.7 Å². The van der Waals surface area contributed by atoms with Crippen molar-refractivity contribution in [3.63, 3.8) is 0 Å². The topological polar surface area (TPSA) is 69.6 Å². The number of carbonyl (C=O) groups excluding carboxylic acids is 1. The van der Waals surface area contributed by atoms with Crippen molar-refractivity contribution in [3.8, 4) is 0 Å².